The maximum Gasteiger partial charge on any atom is 0.224 e. The molecule has 6 heteroatoms. The molecule has 0 saturated heterocycles. The molecule has 5 nitrogen and oxygen atoms in total. The fourth-order valence-corrected chi connectivity index (χ4v) is 2.98. The minimum atomic E-state index is 0.0314. The van der Waals surface area contributed by atoms with Crippen LogP contribution in [0.4, 0.5) is 16.5 Å². The van der Waals surface area contributed by atoms with Crippen LogP contribution in [0.1, 0.15) is 19.8 Å². The summed E-state index contributed by atoms with van der Waals surface area (Å²) in [6.45, 7) is 1.99. The van der Waals surface area contributed by atoms with Crippen molar-refractivity contribution in [3.05, 3.63) is 54.2 Å². The minimum Gasteiger partial charge on any atom is -0.331 e. The molecule has 0 saturated carbocycles. The summed E-state index contributed by atoms with van der Waals surface area (Å²) < 4.78 is 0. The molecule has 0 aliphatic carbocycles. The maximum atomic E-state index is 11.7. The molecule has 0 aliphatic rings. The van der Waals surface area contributed by atoms with Crippen molar-refractivity contribution >= 4 is 33.8 Å². The molecule has 122 valence electrons. The molecule has 3 aromatic rings. The first-order valence-electron chi connectivity index (χ1n) is 7.77. The Kier molecular flexibility index (Phi) is 5.18. The Balaban J connectivity index is 1.70. The number of hydrogen-bond donors (Lipinski definition) is 2. The van der Waals surface area contributed by atoms with Gasteiger partial charge in [0.15, 0.2) is 5.13 Å². The summed E-state index contributed by atoms with van der Waals surface area (Å²) in [5.74, 6) is 0.0314. The van der Waals surface area contributed by atoms with Gasteiger partial charge in [0.2, 0.25) is 5.91 Å². The number of amides is 1. The largest absolute Gasteiger partial charge is 0.331 e. The van der Waals surface area contributed by atoms with Gasteiger partial charge in [-0.2, -0.15) is 0 Å². The highest BCUT2D eigenvalue weighted by Crippen LogP contribution is 2.27. The summed E-state index contributed by atoms with van der Waals surface area (Å²) >= 11 is 1.54. The van der Waals surface area contributed by atoms with Crippen LogP contribution in [0.25, 0.3) is 11.3 Å². The summed E-state index contributed by atoms with van der Waals surface area (Å²) in [4.78, 5) is 20.3. The van der Waals surface area contributed by atoms with Crippen molar-refractivity contribution < 1.29 is 4.79 Å². The first-order chi connectivity index (χ1) is 11.7. The molecular weight excluding hydrogens is 320 g/mol. The van der Waals surface area contributed by atoms with Gasteiger partial charge in [0.25, 0.3) is 0 Å². The van der Waals surface area contributed by atoms with Crippen molar-refractivity contribution in [2.24, 2.45) is 0 Å². The second-order valence-electron chi connectivity index (χ2n) is 5.28. The molecule has 0 fully saturated rings. The molecule has 2 aromatic heterocycles. The number of benzene rings is 1. The van der Waals surface area contributed by atoms with Crippen molar-refractivity contribution in [3.8, 4) is 11.3 Å². The lowest BCUT2D eigenvalue weighted by Gasteiger charge is -2.07. The molecule has 0 bridgehead atoms. The monoisotopic (exact) mass is 338 g/mol. The third kappa shape index (κ3) is 4.17. The molecule has 0 spiro atoms. The lowest BCUT2D eigenvalue weighted by atomic mass is 10.2. The quantitative estimate of drug-likeness (QED) is 0.684. The van der Waals surface area contributed by atoms with Gasteiger partial charge in [-0.1, -0.05) is 13.0 Å². The van der Waals surface area contributed by atoms with Crippen LogP contribution < -0.4 is 10.6 Å². The first-order valence-corrected chi connectivity index (χ1v) is 8.65. The molecular formula is C18H18N4OS. The number of nitrogens with one attached hydrogen (secondary N) is 2. The average Bonchev–Trinajstić information content (AvgIpc) is 3.05. The van der Waals surface area contributed by atoms with E-state index in [1.54, 1.807) is 12.4 Å². The van der Waals surface area contributed by atoms with Gasteiger partial charge in [0, 0.05) is 41.1 Å². The number of pyridine rings is 1. The Hall–Kier alpha value is -2.73. The SMILES string of the molecule is CCCC(=O)Nc1cccc(Nc2nc(-c3ccncc3)cs2)c1. The molecule has 2 heterocycles. The molecule has 0 radical (unpaired) electrons. The van der Waals surface area contributed by atoms with Gasteiger partial charge < -0.3 is 10.6 Å². The van der Waals surface area contributed by atoms with E-state index in [-0.39, 0.29) is 5.91 Å². The Bertz CT molecular complexity index is 817. The highest BCUT2D eigenvalue weighted by Gasteiger charge is 2.06. The standard InChI is InChI=1S/C18H18N4OS/c1-2-4-17(23)20-14-5-3-6-15(11-14)21-18-22-16(12-24-18)13-7-9-19-10-8-13/h3,5-12H,2,4H2,1H3,(H,20,23)(H,21,22). The fraction of sp³-hybridized carbons (Fsp3) is 0.167. The summed E-state index contributed by atoms with van der Waals surface area (Å²) in [5, 5.41) is 8.99. The molecule has 3 rings (SSSR count). The zero-order valence-corrected chi connectivity index (χ0v) is 14.1. The molecule has 1 amide bonds. The number of nitrogens with zero attached hydrogens (tertiary/aromatic N) is 2. The van der Waals surface area contributed by atoms with Gasteiger partial charge >= 0.3 is 0 Å². The van der Waals surface area contributed by atoms with Gasteiger partial charge in [-0.25, -0.2) is 4.98 Å². The predicted molar refractivity (Wildman–Crippen MR) is 98.6 cm³/mol. The fourth-order valence-electron chi connectivity index (χ4n) is 2.24. The molecule has 0 atom stereocenters. The van der Waals surface area contributed by atoms with Crippen LogP contribution in [0.2, 0.25) is 0 Å². The number of carbonyl (C=O) groups excluding carboxylic acids is 1. The van der Waals surface area contributed by atoms with Crippen molar-refractivity contribution in [1.82, 2.24) is 9.97 Å². The molecule has 24 heavy (non-hydrogen) atoms. The molecule has 1 aromatic carbocycles. The van der Waals surface area contributed by atoms with E-state index in [4.69, 9.17) is 0 Å². The minimum absolute atomic E-state index is 0.0314. The zero-order valence-electron chi connectivity index (χ0n) is 13.3. The lowest BCUT2D eigenvalue weighted by Crippen LogP contribution is -2.10. The number of anilines is 3. The van der Waals surface area contributed by atoms with Crippen molar-refractivity contribution in [3.63, 3.8) is 0 Å². The third-order valence-corrected chi connectivity index (χ3v) is 4.11. The van der Waals surface area contributed by atoms with E-state index in [9.17, 15) is 4.79 Å². The third-order valence-electron chi connectivity index (χ3n) is 3.35. The van der Waals surface area contributed by atoms with E-state index >= 15 is 0 Å². The lowest BCUT2D eigenvalue weighted by molar-refractivity contribution is -0.116. The predicted octanol–water partition coefficient (Wildman–Crippen LogP) is 4.69. The van der Waals surface area contributed by atoms with Gasteiger partial charge in [-0.15, -0.1) is 11.3 Å². The maximum absolute atomic E-state index is 11.7. The summed E-state index contributed by atoms with van der Waals surface area (Å²) in [5.41, 5.74) is 3.62. The van der Waals surface area contributed by atoms with E-state index in [0.29, 0.717) is 6.42 Å². The van der Waals surface area contributed by atoms with Crippen LogP contribution >= 0.6 is 11.3 Å². The number of rotatable bonds is 6. The average molecular weight is 338 g/mol. The van der Waals surface area contributed by atoms with Gasteiger partial charge in [0.05, 0.1) is 5.69 Å². The van der Waals surface area contributed by atoms with Crippen molar-refractivity contribution in [2.75, 3.05) is 10.6 Å². The first kappa shape index (κ1) is 16.1. The zero-order chi connectivity index (χ0) is 16.8. The van der Waals surface area contributed by atoms with E-state index in [1.807, 2.05) is 48.7 Å². The van der Waals surface area contributed by atoms with Gasteiger partial charge in [-0.05, 0) is 36.8 Å². The number of aromatic nitrogens is 2. The Morgan fingerprint density at radius 3 is 2.75 bits per heavy atom. The topological polar surface area (TPSA) is 66.9 Å². The van der Waals surface area contributed by atoms with Gasteiger partial charge in [0.1, 0.15) is 0 Å². The highest BCUT2D eigenvalue weighted by atomic mass is 32.1. The van der Waals surface area contributed by atoms with Crippen molar-refractivity contribution in [2.45, 2.75) is 19.8 Å². The summed E-state index contributed by atoms with van der Waals surface area (Å²) in [6, 6.07) is 11.5. The van der Waals surface area contributed by atoms with Crippen LogP contribution in [0, 0.1) is 0 Å². The molecule has 2 N–H and O–H groups in total. The number of carbonyl (C=O) groups is 1. The van der Waals surface area contributed by atoms with E-state index in [0.717, 1.165) is 34.2 Å². The Morgan fingerprint density at radius 1 is 1.17 bits per heavy atom. The normalized spacial score (nSPS) is 10.4. The van der Waals surface area contributed by atoms with Gasteiger partial charge in [-0.3, -0.25) is 9.78 Å². The summed E-state index contributed by atoms with van der Waals surface area (Å²) in [7, 11) is 0. The van der Waals surface area contributed by atoms with Crippen LogP contribution in [-0.2, 0) is 4.79 Å². The van der Waals surface area contributed by atoms with E-state index < -0.39 is 0 Å². The van der Waals surface area contributed by atoms with Crippen LogP contribution in [0.5, 0.6) is 0 Å². The number of hydrogen-bond acceptors (Lipinski definition) is 5. The molecule has 0 aliphatic heterocycles. The molecule has 0 unspecified atom stereocenters. The summed E-state index contributed by atoms with van der Waals surface area (Å²) in [6.07, 6.45) is 4.87. The van der Waals surface area contributed by atoms with E-state index in [2.05, 4.69) is 20.6 Å². The Morgan fingerprint density at radius 2 is 1.96 bits per heavy atom. The van der Waals surface area contributed by atoms with Crippen LogP contribution in [0.3, 0.4) is 0 Å². The Labute approximate surface area is 144 Å². The highest BCUT2D eigenvalue weighted by molar-refractivity contribution is 7.14. The smallest absolute Gasteiger partial charge is 0.224 e. The van der Waals surface area contributed by atoms with Crippen LogP contribution in [0.15, 0.2) is 54.2 Å². The van der Waals surface area contributed by atoms with Crippen LogP contribution in [-0.4, -0.2) is 15.9 Å². The second kappa shape index (κ2) is 7.70. The van der Waals surface area contributed by atoms with Crippen molar-refractivity contribution in [1.29, 1.82) is 0 Å². The second-order valence-corrected chi connectivity index (χ2v) is 6.14. The van der Waals surface area contributed by atoms with E-state index in [1.165, 1.54) is 11.3 Å². The number of thiazole rings is 1.